The Morgan fingerprint density at radius 2 is 1.93 bits per heavy atom. The number of para-hydroxylation sites is 1. The van der Waals surface area contributed by atoms with E-state index in [1.807, 2.05) is 30.0 Å². The molecule has 0 radical (unpaired) electrons. The zero-order valence-corrected chi connectivity index (χ0v) is 15.4. The SMILES string of the molecule is Cc1cccc2c1OCCCN2c1nc2nnc(C)n2c2ccc(F)c(F)c12. The number of aromatic nitrogens is 4. The molecule has 4 aromatic rings. The van der Waals surface area contributed by atoms with Crippen molar-refractivity contribution in [3.8, 4) is 5.75 Å². The molecule has 5 rings (SSSR count). The van der Waals surface area contributed by atoms with Crippen molar-refractivity contribution in [3.63, 3.8) is 0 Å². The lowest BCUT2D eigenvalue weighted by molar-refractivity contribution is 0.320. The van der Waals surface area contributed by atoms with E-state index < -0.39 is 11.6 Å². The molecular formula is C20H17F2N5O. The molecule has 0 atom stereocenters. The Labute approximate surface area is 159 Å². The first-order chi connectivity index (χ1) is 13.6. The molecule has 142 valence electrons. The molecule has 0 bridgehead atoms. The average molecular weight is 381 g/mol. The van der Waals surface area contributed by atoms with Gasteiger partial charge in [-0.05, 0) is 44.0 Å². The van der Waals surface area contributed by atoms with Crippen molar-refractivity contribution < 1.29 is 13.5 Å². The van der Waals surface area contributed by atoms with Crippen LogP contribution in [-0.2, 0) is 0 Å². The molecule has 0 unspecified atom stereocenters. The van der Waals surface area contributed by atoms with Gasteiger partial charge < -0.3 is 9.64 Å². The highest BCUT2D eigenvalue weighted by Crippen LogP contribution is 2.41. The minimum Gasteiger partial charge on any atom is -0.491 e. The predicted molar refractivity (Wildman–Crippen MR) is 101 cm³/mol. The van der Waals surface area contributed by atoms with Crippen LogP contribution >= 0.6 is 0 Å². The average Bonchev–Trinajstić information content (AvgIpc) is 2.92. The number of hydrogen-bond acceptors (Lipinski definition) is 5. The minimum atomic E-state index is -0.936. The van der Waals surface area contributed by atoms with Gasteiger partial charge in [-0.1, -0.05) is 12.1 Å². The van der Waals surface area contributed by atoms with Crippen molar-refractivity contribution in [2.24, 2.45) is 0 Å². The number of aryl methyl sites for hydroxylation is 2. The fraction of sp³-hybridized carbons (Fsp3) is 0.250. The van der Waals surface area contributed by atoms with E-state index in [0.29, 0.717) is 42.5 Å². The number of ether oxygens (including phenoxy) is 1. The molecule has 6 nitrogen and oxygen atoms in total. The summed E-state index contributed by atoms with van der Waals surface area (Å²) in [6, 6.07) is 8.42. The molecule has 3 heterocycles. The van der Waals surface area contributed by atoms with Crippen LogP contribution in [0.25, 0.3) is 16.7 Å². The van der Waals surface area contributed by atoms with Crippen LogP contribution in [-0.4, -0.2) is 32.7 Å². The standard InChI is InChI=1S/C20H17F2N5O/c1-11-5-3-6-15-18(11)28-10-4-9-26(15)19-16-14(8-7-13(21)17(16)22)27-12(2)24-25-20(27)23-19/h3,5-8H,4,9-10H2,1-2H3. The lowest BCUT2D eigenvalue weighted by Crippen LogP contribution is -2.20. The fourth-order valence-corrected chi connectivity index (χ4v) is 3.77. The quantitative estimate of drug-likeness (QED) is 0.497. The van der Waals surface area contributed by atoms with Gasteiger partial charge in [0, 0.05) is 6.54 Å². The molecule has 2 aromatic heterocycles. The van der Waals surface area contributed by atoms with Crippen molar-refractivity contribution in [1.82, 2.24) is 19.6 Å². The number of nitrogens with zero attached hydrogens (tertiary/aromatic N) is 5. The number of rotatable bonds is 1. The van der Waals surface area contributed by atoms with E-state index in [2.05, 4.69) is 15.2 Å². The van der Waals surface area contributed by atoms with E-state index in [0.717, 1.165) is 23.1 Å². The highest BCUT2D eigenvalue weighted by atomic mass is 19.2. The minimum absolute atomic E-state index is 0.102. The summed E-state index contributed by atoms with van der Waals surface area (Å²) in [5.41, 5.74) is 2.22. The van der Waals surface area contributed by atoms with Gasteiger partial charge >= 0.3 is 0 Å². The summed E-state index contributed by atoms with van der Waals surface area (Å²) >= 11 is 0. The first-order valence-electron chi connectivity index (χ1n) is 9.05. The Hall–Kier alpha value is -3.29. The van der Waals surface area contributed by atoms with Gasteiger partial charge in [0.1, 0.15) is 17.4 Å². The third-order valence-corrected chi connectivity index (χ3v) is 5.06. The number of anilines is 2. The molecule has 0 saturated carbocycles. The topological polar surface area (TPSA) is 55.5 Å². The molecule has 0 saturated heterocycles. The van der Waals surface area contributed by atoms with Crippen molar-refractivity contribution in [2.45, 2.75) is 20.3 Å². The predicted octanol–water partition coefficient (Wildman–Crippen LogP) is 4.09. The lowest BCUT2D eigenvalue weighted by Gasteiger charge is -2.25. The van der Waals surface area contributed by atoms with E-state index in [1.165, 1.54) is 6.07 Å². The number of halogens is 2. The van der Waals surface area contributed by atoms with Crippen molar-refractivity contribution in [2.75, 3.05) is 18.1 Å². The summed E-state index contributed by atoms with van der Waals surface area (Å²) in [5, 5.41) is 8.25. The summed E-state index contributed by atoms with van der Waals surface area (Å²) in [6.07, 6.45) is 0.713. The molecule has 1 aliphatic rings. The summed E-state index contributed by atoms with van der Waals surface area (Å²) in [7, 11) is 0. The van der Waals surface area contributed by atoms with Gasteiger partial charge in [-0.3, -0.25) is 4.40 Å². The highest BCUT2D eigenvalue weighted by molar-refractivity contribution is 5.95. The third-order valence-electron chi connectivity index (χ3n) is 5.06. The maximum atomic E-state index is 15.0. The van der Waals surface area contributed by atoms with Crippen LogP contribution in [0.4, 0.5) is 20.3 Å². The summed E-state index contributed by atoms with van der Waals surface area (Å²) in [4.78, 5) is 6.45. The summed E-state index contributed by atoms with van der Waals surface area (Å²) < 4.78 is 36.7. The van der Waals surface area contributed by atoms with Crippen LogP contribution < -0.4 is 9.64 Å². The molecule has 2 aromatic carbocycles. The zero-order chi connectivity index (χ0) is 19.4. The Balaban J connectivity index is 1.89. The van der Waals surface area contributed by atoms with E-state index in [4.69, 9.17) is 4.74 Å². The van der Waals surface area contributed by atoms with Gasteiger partial charge in [0.2, 0.25) is 0 Å². The second-order valence-corrected chi connectivity index (χ2v) is 6.85. The van der Waals surface area contributed by atoms with Gasteiger partial charge in [-0.25, -0.2) is 8.78 Å². The lowest BCUT2D eigenvalue weighted by atomic mass is 10.1. The second kappa shape index (κ2) is 6.12. The van der Waals surface area contributed by atoms with Crippen LogP contribution in [0, 0.1) is 25.5 Å². The maximum Gasteiger partial charge on any atom is 0.257 e. The van der Waals surface area contributed by atoms with Crippen molar-refractivity contribution in [3.05, 3.63) is 53.4 Å². The van der Waals surface area contributed by atoms with Crippen LogP contribution in [0.5, 0.6) is 5.75 Å². The first-order valence-corrected chi connectivity index (χ1v) is 9.05. The van der Waals surface area contributed by atoms with Gasteiger partial charge in [0.15, 0.2) is 11.6 Å². The van der Waals surface area contributed by atoms with Crippen molar-refractivity contribution in [1.29, 1.82) is 0 Å². The molecular weight excluding hydrogens is 364 g/mol. The monoisotopic (exact) mass is 381 g/mol. The van der Waals surface area contributed by atoms with Crippen LogP contribution in [0.15, 0.2) is 30.3 Å². The van der Waals surface area contributed by atoms with Crippen molar-refractivity contribution >= 4 is 28.2 Å². The normalized spacial score (nSPS) is 14.2. The Morgan fingerprint density at radius 3 is 2.79 bits per heavy atom. The van der Waals surface area contributed by atoms with Crippen LogP contribution in [0.3, 0.4) is 0 Å². The maximum absolute atomic E-state index is 15.0. The van der Waals surface area contributed by atoms with E-state index in [9.17, 15) is 4.39 Å². The Morgan fingerprint density at radius 1 is 1.07 bits per heavy atom. The van der Waals surface area contributed by atoms with Gasteiger partial charge in [0.05, 0.1) is 23.2 Å². The zero-order valence-electron chi connectivity index (χ0n) is 15.4. The number of fused-ring (bicyclic) bond motifs is 4. The molecule has 0 N–H and O–H groups in total. The summed E-state index contributed by atoms with van der Waals surface area (Å²) in [6.45, 7) is 4.80. The van der Waals surface area contributed by atoms with Gasteiger partial charge in [-0.15, -0.1) is 10.2 Å². The highest BCUT2D eigenvalue weighted by Gasteiger charge is 2.26. The third kappa shape index (κ3) is 2.33. The fourth-order valence-electron chi connectivity index (χ4n) is 3.77. The molecule has 28 heavy (non-hydrogen) atoms. The molecule has 1 aliphatic heterocycles. The largest absolute Gasteiger partial charge is 0.491 e. The van der Waals surface area contributed by atoms with Gasteiger partial charge in [-0.2, -0.15) is 4.98 Å². The van der Waals surface area contributed by atoms with E-state index in [1.54, 1.807) is 11.3 Å². The Bertz CT molecular complexity index is 1240. The van der Waals surface area contributed by atoms with Gasteiger partial charge in [0.25, 0.3) is 5.78 Å². The van der Waals surface area contributed by atoms with E-state index in [-0.39, 0.29) is 5.39 Å². The number of hydrogen-bond donors (Lipinski definition) is 0. The number of benzene rings is 2. The smallest absolute Gasteiger partial charge is 0.257 e. The summed E-state index contributed by atoms with van der Waals surface area (Å²) in [5.74, 6) is 0.0740. The molecule has 8 heteroatoms. The second-order valence-electron chi connectivity index (χ2n) is 6.85. The Kier molecular flexibility index (Phi) is 3.68. The van der Waals surface area contributed by atoms with Crippen LogP contribution in [0.2, 0.25) is 0 Å². The molecule has 0 fully saturated rings. The van der Waals surface area contributed by atoms with Crippen LogP contribution in [0.1, 0.15) is 17.8 Å². The molecule has 0 amide bonds. The molecule has 0 spiro atoms. The molecule has 0 aliphatic carbocycles. The van der Waals surface area contributed by atoms with E-state index >= 15 is 4.39 Å². The first kappa shape index (κ1) is 16.9.